The number of hydrogen-bond donors (Lipinski definition) is 0. The Morgan fingerprint density at radius 3 is 2.16 bits per heavy atom. The highest BCUT2D eigenvalue weighted by Crippen LogP contribution is 2.38. The Morgan fingerprint density at radius 2 is 1.49 bits per heavy atom. The Labute approximate surface area is 223 Å². The number of benzene rings is 1. The molecule has 6 rings (SSSR count). The molecule has 1 aromatic carbocycles. The quantitative estimate of drug-likeness (QED) is 0.387. The van der Waals surface area contributed by atoms with Crippen LogP contribution in [0.4, 0.5) is 5.95 Å². The fourth-order valence-corrected chi connectivity index (χ4v) is 7.16. The number of nitrogens with zero attached hydrogens (tertiary/aromatic N) is 6. The van der Waals surface area contributed by atoms with Crippen molar-refractivity contribution in [3.8, 4) is 21.7 Å². The van der Waals surface area contributed by atoms with E-state index in [4.69, 9.17) is 9.97 Å². The molecule has 0 atom stereocenters. The van der Waals surface area contributed by atoms with Gasteiger partial charge < -0.3 is 9.69 Å². The third kappa shape index (κ3) is 5.75. The molecule has 2 aromatic heterocycles. The van der Waals surface area contributed by atoms with Gasteiger partial charge in [-0.2, -0.15) is 0 Å². The molecular weight excluding hydrogens is 480 g/mol. The lowest BCUT2D eigenvalue weighted by atomic mass is 9.83. The van der Waals surface area contributed by atoms with E-state index in [1.165, 1.54) is 32.2 Å². The van der Waals surface area contributed by atoms with Crippen molar-refractivity contribution in [3.63, 3.8) is 0 Å². The van der Waals surface area contributed by atoms with Gasteiger partial charge in [0.05, 0.1) is 0 Å². The van der Waals surface area contributed by atoms with Crippen molar-refractivity contribution in [3.05, 3.63) is 41.7 Å². The number of aldehydes is 1. The van der Waals surface area contributed by atoms with E-state index in [9.17, 15) is 4.79 Å². The van der Waals surface area contributed by atoms with Crippen LogP contribution < -0.4 is 4.90 Å². The summed E-state index contributed by atoms with van der Waals surface area (Å²) in [5.74, 6) is 2.42. The van der Waals surface area contributed by atoms with Crippen molar-refractivity contribution < 1.29 is 4.79 Å². The molecule has 0 N–H and O–H groups in total. The lowest BCUT2D eigenvalue weighted by Crippen LogP contribution is -2.48. The predicted octanol–water partition coefficient (Wildman–Crippen LogP) is 5.45. The highest BCUT2D eigenvalue weighted by atomic mass is 32.1. The topological polar surface area (TPSA) is 75.1 Å². The Morgan fingerprint density at radius 1 is 0.811 bits per heavy atom. The molecule has 37 heavy (non-hydrogen) atoms. The molecule has 1 saturated heterocycles. The molecule has 3 aromatic rings. The van der Waals surface area contributed by atoms with Crippen LogP contribution in [0.5, 0.6) is 0 Å². The van der Waals surface area contributed by atoms with Gasteiger partial charge in [-0.3, -0.25) is 4.90 Å². The zero-order valence-electron chi connectivity index (χ0n) is 21.5. The molecule has 2 aliphatic carbocycles. The molecule has 1 aliphatic heterocycles. The Balaban J connectivity index is 1.04. The fourth-order valence-electron chi connectivity index (χ4n) is 6.15. The van der Waals surface area contributed by atoms with Gasteiger partial charge in [0.25, 0.3) is 0 Å². The molecule has 0 amide bonds. The molecule has 7 nitrogen and oxygen atoms in total. The van der Waals surface area contributed by atoms with Crippen molar-refractivity contribution in [2.24, 2.45) is 11.8 Å². The maximum atomic E-state index is 11.0. The van der Waals surface area contributed by atoms with E-state index < -0.39 is 0 Å². The van der Waals surface area contributed by atoms with E-state index in [0.29, 0.717) is 5.92 Å². The highest BCUT2D eigenvalue weighted by Gasteiger charge is 2.25. The summed E-state index contributed by atoms with van der Waals surface area (Å²) < 4.78 is 0. The van der Waals surface area contributed by atoms with Crippen LogP contribution in [0.1, 0.15) is 62.3 Å². The maximum Gasteiger partial charge on any atom is 0.225 e. The summed E-state index contributed by atoms with van der Waals surface area (Å²) in [6.07, 6.45) is 14.7. The van der Waals surface area contributed by atoms with Gasteiger partial charge in [-0.05, 0) is 50.0 Å². The first-order chi connectivity index (χ1) is 18.2. The van der Waals surface area contributed by atoms with Crippen molar-refractivity contribution in [2.75, 3.05) is 37.6 Å². The van der Waals surface area contributed by atoms with Crippen LogP contribution in [-0.4, -0.2) is 64.1 Å². The zero-order chi connectivity index (χ0) is 25.0. The molecule has 8 heteroatoms. The predicted molar refractivity (Wildman–Crippen MR) is 148 cm³/mol. The lowest BCUT2D eigenvalue weighted by molar-refractivity contribution is -0.111. The summed E-state index contributed by atoms with van der Waals surface area (Å²) in [5.41, 5.74) is 3.22. The lowest BCUT2D eigenvalue weighted by Gasteiger charge is -2.35. The average molecular weight is 517 g/mol. The second-order valence-electron chi connectivity index (χ2n) is 11.0. The van der Waals surface area contributed by atoms with E-state index in [1.54, 1.807) is 11.3 Å². The van der Waals surface area contributed by atoms with Gasteiger partial charge in [-0.1, -0.05) is 48.4 Å². The summed E-state index contributed by atoms with van der Waals surface area (Å²) in [4.78, 5) is 25.4. The Kier molecular flexibility index (Phi) is 7.55. The standard InChI is InChI=1S/C29H36N6OS/c36-20-22-5-7-24(8-6-22)27-32-33-28(37-27)25-11-9-23(10-12-25)26-17-30-29(31-18-26)35-15-13-34(14-16-35)19-21-3-1-2-4-21/h9-12,17-18,20-22,24H,1-8,13-16,19H2. The van der Waals surface area contributed by atoms with Crippen LogP contribution in [0.3, 0.4) is 0 Å². The SMILES string of the molecule is O=CC1CCC(c2nnc(-c3ccc(-c4cnc(N5CCN(CC6CCCC6)CC5)nc4)cc3)s2)CC1. The molecule has 0 bridgehead atoms. The summed E-state index contributed by atoms with van der Waals surface area (Å²) in [5, 5.41) is 11.0. The molecule has 3 fully saturated rings. The molecule has 194 valence electrons. The van der Waals surface area contributed by atoms with Crippen molar-refractivity contribution >= 4 is 23.6 Å². The molecule has 0 radical (unpaired) electrons. The van der Waals surface area contributed by atoms with E-state index in [-0.39, 0.29) is 5.92 Å². The number of anilines is 1. The molecule has 0 unspecified atom stereocenters. The van der Waals surface area contributed by atoms with Crippen molar-refractivity contribution in [1.29, 1.82) is 0 Å². The normalized spacial score (nSPS) is 23.4. The minimum Gasteiger partial charge on any atom is -0.338 e. The van der Waals surface area contributed by atoms with Crippen molar-refractivity contribution in [1.82, 2.24) is 25.1 Å². The minimum absolute atomic E-state index is 0.228. The number of carbonyl (C=O) groups excluding carboxylic acids is 1. The van der Waals surface area contributed by atoms with Gasteiger partial charge in [0.15, 0.2) is 0 Å². The molecular formula is C29H36N6OS. The number of piperazine rings is 1. The zero-order valence-corrected chi connectivity index (χ0v) is 22.3. The van der Waals surface area contributed by atoms with Gasteiger partial charge in [0.2, 0.25) is 5.95 Å². The van der Waals surface area contributed by atoms with Gasteiger partial charge in [0.1, 0.15) is 16.3 Å². The van der Waals surface area contributed by atoms with Crippen LogP contribution in [-0.2, 0) is 4.79 Å². The second kappa shape index (κ2) is 11.4. The number of hydrogen-bond acceptors (Lipinski definition) is 8. The molecule has 3 heterocycles. The van der Waals surface area contributed by atoms with Crippen LogP contribution in [0.15, 0.2) is 36.7 Å². The highest BCUT2D eigenvalue weighted by molar-refractivity contribution is 7.14. The van der Waals surface area contributed by atoms with Crippen molar-refractivity contribution in [2.45, 2.75) is 57.3 Å². The number of aromatic nitrogens is 4. The molecule has 2 saturated carbocycles. The number of carbonyl (C=O) groups is 1. The first kappa shape index (κ1) is 24.6. The maximum absolute atomic E-state index is 11.0. The Bertz CT molecular complexity index is 1160. The third-order valence-electron chi connectivity index (χ3n) is 8.50. The summed E-state index contributed by atoms with van der Waals surface area (Å²) in [6, 6.07) is 8.46. The van der Waals surface area contributed by atoms with E-state index in [2.05, 4.69) is 44.3 Å². The minimum atomic E-state index is 0.228. The van der Waals surface area contributed by atoms with E-state index in [1.807, 2.05) is 12.4 Å². The monoisotopic (exact) mass is 516 g/mol. The van der Waals surface area contributed by atoms with Crippen LogP contribution >= 0.6 is 11.3 Å². The summed E-state index contributed by atoms with van der Waals surface area (Å²) in [6.45, 7) is 5.49. The third-order valence-corrected chi connectivity index (χ3v) is 9.64. The first-order valence-electron chi connectivity index (χ1n) is 13.9. The van der Waals surface area contributed by atoms with Crippen LogP contribution in [0.25, 0.3) is 21.7 Å². The summed E-state index contributed by atoms with van der Waals surface area (Å²) >= 11 is 1.69. The Hall–Kier alpha value is -2.71. The number of rotatable bonds is 7. The van der Waals surface area contributed by atoms with Gasteiger partial charge in [-0.25, -0.2) is 9.97 Å². The average Bonchev–Trinajstić information content (AvgIpc) is 3.67. The van der Waals surface area contributed by atoms with Gasteiger partial charge in [0, 0.05) is 68.1 Å². The second-order valence-corrected chi connectivity index (χ2v) is 12.0. The molecule has 0 spiro atoms. The largest absolute Gasteiger partial charge is 0.338 e. The van der Waals surface area contributed by atoms with E-state index >= 15 is 0 Å². The smallest absolute Gasteiger partial charge is 0.225 e. The van der Waals surface area contributed by atoms with Gasteiger partial charge >= 0.3 is 0 Å². The fraction of sp³-hybridized carbons (Fsp3) is 0.552. The van der Waals surface area contributed by atoms with E-state index in [0.717, 1.165) is 96.7 Å². The molecule has 3 aliphatic rings. The van der Waals surface area contributed by atoms with Gasteiger partial charge in [-0.15, -0.1) is 10.2 Å². The first-order valence-corrected chi connectivity index (χ1v) is 14.8. The van der Waals surface area contributed by atoms with Crippen LogP contribution in [0, 0.1) is 11.8 Å². The summed E-state index contributed by atoms with van der Waals surface area (Å²) in [7, 11) is 0. The van der Waals surface area contributed by atoms with Crippen LogP contribution in [0.2, 0.25) is 0 Å².